The monoisotopic (exact) mass is 876 g/mol. The van der Waals surface area contributed by atoms with Crippen molar-refractivity contribution in [2.75, 3.05) is 32.2 Å². The molecule has 0 aliphatic carbocycles. The van der Waals surface area contributed by atoms with Crippen molar-refractivity contribution >= 4 is 54.5 Å². The number of hydrogen-bond donors (Lipinski definition) is 1. The molecule has 0 radical (unpaired) electrons. The maximum Gasteiger partial charge on any atom is 0.419 e. The smallest absolute Gasteiger partial charge is 0.419 e. The van der Waals surface area contributed by atoms with E-state index in [1.54, 1.807) is 35.0 Å². The van der Waals surface area contributed by atoms with Crippen LogP contribution in [0.5, 0.6) is 0 Å². The van der Waals surface area contributed by atoms with Crippen LogP contribution >= 0.6 is 0 Å². The van der Waals surface area contributed by atoms with Gasteiger partial charge in [0.05, 0.1) is 17.1 Å². The van der Waals surface area contributed by atoms with Crippen LogP contribution in [-0.2, 0) is 32.0 Å². The molecule has 2 fully saturated rings. The molecule has 1 unspecified atom stereocenters. The van der Waals surface area contributed by atoms with E-state index in [4.69, 9.17) is 9.47 Å². The molecule has 2 aromatic carbocycles. The summed E-state index contributed by atoms with van der Waals surface area (Å²) in [5.41, 5.74) is 3.17. The molecule has 0 saturated carbocycles. The number of amides is 4. The zero-order valence-electron chi connectivity index (χ0n) is 37.3. The Hall–Kier alpha value is -5.69. The molecule has 3 aliphatic heterocycles. The number of hydrogen-bond acceptors (Lipinski definition) is 9. The molecule has 0 spiro atoms. The molecule has 2 aromatic heterocycles. The quantitative estimate of drug-likeness (QED) is 0.0646. The minimum atomic E-state index is -1.35. The number of nitrogens with zero attached hydrogens (tertiary/aromatic N) is 5. The van der Waals surface area contributed by atoms with Crippen molar-refractivity contribution in [3.8, 4) is 11.8 Å². The highest BCUT2D eigenvalue weighted by molar-refractivity contribution is 6.76. The normalized spacial score (nSPS) is 18.2. The van der Waals surface area contributed by atoms with Crippen molar-refractivity contribution in [3.63, 3.8) is 0 Å². The number of imide groups is 1. The van der Waals surface area contributed by atoms with Crippen molar-refractivity contribution in [1.82, 2.24) is 24.3 Å². The number of anilines is 1. The lowest BCUT2D eigenvalue weighted by Gasteiger charge is -2.35. The first-order valence-electron chi connectivity index (χ1n) is 21.8. The number of carbonyl (C=O) groups is 5. The van der Waals surface area contributed by atoms with Gasteiger partial charge in [-0.1, -0.05) is 43.6 Å². The lowest BCUT2D eigenvalue weighted by molar-refractivity contribution is -0.158. The highest BCUT2D eigenvalue weighted by Gasteiger charge is 2.43. The van der Waals surface area contributed by atoms with Crippen molar-refractivity contribution < 1.29 is 37.8 Å². The first-order valence-corrected chi connectivity index (χ1v) is 25.5. The fourth-order valence-electron chi connectivity index (χ4n) is 8.27. The Bertz CT molecular complexity index is 2500. The van der Waals surface area contributed by atoms with Gasteiger partial charge in [0.2, 0.25) is 5.91 Å². The minimum absolute atomic E-state index is 0.0568. The van der Waals surface area contributed by atoms with E-state index in [2.05, 4.69) is 46.7 Å². The number of rotatable bonds is 12. The van der Waals surface area contributed by atoms with Gasteiger partial charge in [0.15, 0.2) is 0 Å². The van der Waals surface area contributed by atoms with Crippen molar-refractivity contribution in [1.29, 1.82) is 0 Å². The van der Waals surface area contributed by atoms with Crippen molar-refractivity contribution in [2.24, 2.45) is 0 Å². The molecular weight excluding hydrogens is 820 g/mol. The predicted octanol–water partition coefficient (Wildman–Crippen LogP) is 8.14. The van der Waals surface area contributed by atoms with Crippen LogP contribution in [0.25, 0.3) is 10.9 Å². The van der Waals surface area contributed by atoms with Crippen LogP contribution in [0.1, 0.15) is 108 Å². The summed E-state index contributed by atoms with van der Waals surface area (Å²) in [6, 6.07) is 13.8. The fraction of sp³-hybridized carbons (Fsp3) is 0.458. The van der Waals surface area contributed by atoms with Crippen LogP contribution in [-0.4, -0.2) is 101 Å². The van der Waals surface area contributed by atoms with Gasteiger partial charge in [-0.2, -0.15) is 0 Å². The van der Waals surface area contributed by atoms with E-state index in [0.717, 1.165) is 47.0 Å². The van der Waals surface area contributed by atoms with E-state index < -0.39 is 43.4 Å². The highest BCUT2D eigenvalue weighted by atomic mass is 28.3. The second kappa shape index (κ2) is 18.6. The lowest BCUT2D eigenvalue weighted by atomic mass is 10.0. The fourth-order valence-corrected chi connectivity index (χ4v) is 9.02. The van der Waals surface area contributed by atoms with Crippen LogP contribution in [0.3, 0.4) is 0 Å². The third kappa shape index (κ3) is 10.6. The SMILES string of the molecule is CN1CCC[C@@H]1c1cc2cnc(NC(=O)c3ccc(CCCC#Cc4cc5c(cc4F)C(=O)N(C4CCC(=O)N(COCC[Si](C)(C)C)C4=O)C5)cc3)cc2n1C(=O)OC(C)(C)C. The molecule has 3 aliphatic rings. The summed E-state index contributed by atoms with van der Waals surface area (Å²) in [6.45, 7) is 13.5. The summed E-state index contributed by atoms with van der Waals surface area (Å²) < 4.78 is 28.3. The Kier molecular flexibility index (Phi) is 13.4. The van der Waals surface area contributed by atoms with Gasteiger partial charge >= 0.3 is 6.09 Å². The number of piperidine rings is 1. The summed E-state index contributed by atoms with van der Waals surface area (Å²) in [4.78, 5) is 75.5. The Morgan fingerprint density at radius 2 is 1.78 bits per heavy atom. The van der Waals surface area contributed by atoms with Gasteiger partial charge in [-0.15, -0.1) is 0 Å². The number of carbonyl (C=O) groups excluding carboxylic acids is 5. The van der Waals surface area contributed by atoms with Crippen LogP contribution < -0.4 is 5.32 Å². The Labute approximate surface area is 369 Å². The standard InChI is InChI=1S/C48H57FN6O7Si/c1-48(2,3)62-47(60)55-40-27-42(50-28-34(40)25-41(55)38-14-11-21-52(38)4)51-44(57)32-17-15-31(16-18-32)12-9-8-10-13-33-24-35-29-53(45(58)36(35)26-37(33)49)39-19-20-43(56)54(46(39)59)30-61-22-23-63(5,6)7/h15-18,24-28,38-39H,8-9,11-12,14,19-23,29-30H2,1-7H3,(H,50,51,57)/t38-,39?/m1/s1. The van der Waals surface area contributed by atoms with Crippen molar-refractivity contribution in [2.45, 2.75) is 116 Å². The molecule has 13 nitrogen and oxygen atoms in total. The van der Waals surface area contributed by atoms with Crippen molar-refractivity contribution in [3.05, 3.63) is 94.1 Å². The maximum absolute atomic E-state index is 15.2. The largest absolute Gasteiger partial charge is 0.443 e. The number of halogens is 1. The number of likely N-dealkylation sites (tertiary alicyclic amines) is 2. The Morgan fingerprint density at radius 3 is 2.48 bits per heavy atom. The number of benzene rings is 2. The first kappa shape index (κ1) is 45.3. The summed E-state index contributed by atoms with van der Waals surface area (Å²) in [7, 11) is 0.695. The van der Waals surface area contributed by atoms with Gasteiger partial charge in [0, 0.05) is 68.5 Å². The van der Waals surface area contributed by atoms with E-state index in [1.807, 2.05) is 46.0 Å². The summed E-state index contributed by atoms with van der Waals surface area (Å²) >= 11 is 0. The second-order valence-electron chi connectivity index (χ2n) is 18.9. The van der Waals surface area contributed by atoms with Gasteiger partial charge in [0.1, 0.15) is 30.0 Å². The number of pyridine rings is 1. The van der Waals surface area contributed by atoms with Crippen LogP contribution in [0.4, 0.5) is 15.0 Å². The number of aryl methyl sites for hydroxylation is 1. The number of nitrogens with one attached hydrogen (secondary N) is 1. The van der Waals surface area contributed by atoms with Crippen LogP contribution in [0, 0.1) is 17.7 Å². The Morgan fingerprint density at radius 1 is 1.02 bits per heavy atom. The van der Waals surface area contributed by atoms with Gasteiger partial charge < -0.3 is 19.7 Å². The van der Waals surface area contributed by atoms with Gasteiger partial charge in [-0.3, -0.25) is 29.0 Å². The van der Waals surface area contributed by atoms with E-state index in [0.29, 0.717) is 48.3 Å². The molecule has 63 heavy (non-hydrogen) atoms. The van der Waals surface area contributed by atoms with E-state index in [9.17, 15) is 24.0 Å². The predicted molar refractivity (Wildman–Crippen MR) is 240 cm³/mol. The van der Waals surface area contributed by atoms with Gasteiger partial charge in [-0.25, -0.2) is 18.7 Å². The average molecular weight is 877 g/mol. The number of aromatic nitrogens is 2. The van der Waals surface area contributed by atoms with E-state index in [-0.39, 0.29) is 55.1 Å². The van der Waals surface area contributed by atoms with E-state index >= 15 is 4.39 Å². The third-order valence-electron chi connectivity index (χ3n) is 11.7. The molecule has 332 valence electrons. The molecule has 15 heteroatoms. The number of fused-ring (bicyclic) bond motifs is 2. The molecule has 2 atom stereocenters. The molecule has 0 bridgehead atoms. The molecule has 5 heterocycles. The highest BCUT2D eigenvalue weighted by Crippen LogP contribution is 2.36. The first-order chi connectivity index (χ1) is 29.9. The zero-order valence-corrected chi connectivity index (χ0v) is 38.3. The number of ether oxygens (including phenoxy) is 2. The molecule has 4 amide bonds. The zero-order chi connectivity index (χ0) is 45.2. The maximum atomic E-state index is 15.2. The lowest BCUT2D eigenvalue weighted by Crippen LogP contribution is -2.55. The summed E-state index contributed by atoms with van der Waals surface area (Å²) in [5.74, 6) is 4.09. The Balaban J connectivity index is 0.930. The topological polar surface area (TPSA) is 143 Å². The van der Waals surface area contributed by atoms with E-state index in [1.165, 1.54) is 11.0 Å². The molecule has 2 saturated heterocycles. The van der Waals surface area contributed by atoms with Gasteiger partial charge in [-0.05, 0) is 114 Å². The molecular formula is C48H57FN6O7Si. The average Bonchev–Trinajstić information content (AvgIpc) is 3.90. The second-order valence-corrected chi connectivity index (χ2v) is 24.6. The van der Waals surface area contributed by atoms with Crippen LogP contribution in [0.15, 0.2) is 54.7 Å². The van der Waals surface area contributed by atoms with Gasteiger partial charge in [0.25, 0.3) is 17.7 Å². The summed E-state index contributed by atoms with van der Waals surface area (Å²) in [5, 5.41) is 3.65. The minimum Gasteiger partial charge on any atom is -0.443 e. The summed E-state index contributed by atoms with van der Waals surface area (Å²) in [6.07, 6.45) is 5.32. The molecule has 4 aromatic rings. The molecule has 1 N–H and O–H groups in total. The molecule has 7 rings (SSSR count). The van der Waals surface area contributed by atoms with Crippen LogP contribution in [0.2, 0.25) is 25.7 Å². The third-order valence-corrected chi connectivity index (χ3v) is 13.4. The number of unbranched alkanes of at least 4 members (excludes halogenated alkanes) is 1.